The molecule has 2 aromatic rings. The molecule has 1 unspecified atom stereocenters. The van der Waals surface area contributed by atoms with Crippen molar-refractivity contribution < 1.29 is 0 Å². The second-order valence-corrected chi connectivity index (χ2v) is 7.69. The molecule has 0 spiro atoms. The van der Waals surface area contributed by atoms with Crippen LogP contribution in [0.2, 0.25) is 0 Å². The Morgan fingerprint density at radius 1 is 1.39 bits per heavy atom. The third-order valence-corrected chi connectivity index (χ3v) is 6.41. The number of hydrazine groups is 1. The SMILES string of the molecule is NNC(Cc1cc(Br)cs1)c1cc2c(s1)CCC2. The molecule has 0 saturated carbocycles. The third-order valence-electron chi connectivity index (χ3n) is 3.34. The Morgan fingerprint density at radius 2 is 2.28 bits per heavy atom. The Bertz CT molecular complexity index is 525. The predicted octanol–water partition coefficient (Wildman–Crippen LogP) is 3.81. The fraction of sp³-hybridized carbons (Fsp3) is 0.385. The number of halogens is 1. The van der Waals surface area contributed by atoms with E-state index in [0.717, 1.165) is 10.9 Å². The Morgan fingerprint density at radius 3 is 2.94 bits per heavy atom. The number of nitrogens with two attached hydrogens (primary N) is 1. The first kappa shape index (κ1) is 12.8. The molecule has 0 saturated heterocycles. The Hall–Kier alpha value is -0.200. The average Bonchev–Trinajstić information content (AvgIpc) is 3.00. The first-order chi connectivity index (χ1) is 8.76. The smallest absolute Gasteiger partial charge is 0.0601 e. The minimum absolute atomic E-state index is 0.242. The molecule has 0 bridgehead atoms. The molecule has 96 valence electrons. The number of nitrogens with one attached hydrogen (secondary N) is 1. The summed E-state index contributed by atoms with van der Waals surface area (Å²) < 4.78 is 1.16. The molecule has 3 N–H and O–H groups in total. The Balaban J connectivity index is 1.79. The lowest BCUT2D eigenvalue weighted by molar-refractivity contribution is 0.564. The van der Waals surface area contributed by atoms with E-state index >= 15 is 0 Å². The van der Waals surface area contributed by atoms with Gasteiger partial charge in [-0.2, -0.15) is 0 Å². The molecule has 1 aliphatic rings. The number of thiophene rings is 2. The maximum absolute atomic E-state index is 5.73. The van der Waals surface area contributed by atoms with Crippen LogP contribution in [0.25, 0.3) is 0 Å². The van der Waals surface area contributed by atoms with E-state index in [1.807, 2.05) is 11.3 Å². The van der Waals surface area contributed by atoms with Crippen LogP contribution in [0, 0.1) is 0 Å². The van der Waals surface area contributed by atoms with E-state index in [0.29, 0.717) is 0 Å². The molecule has 0 amide bonds. The minimum atomic E-state index is 0.242. The van der Waals surface area contributed by atoms with Crippen molar-refractivity contribution in [2.45, 2.75) is 31.7 Å². The van der Waals surface area contributed by atoms with Crippen molar-refractivity contribution in [1.29, 1.82) is 0 Å². The lowest BCUT2D eigenvalue weighted by Crippen LogP contribution is -2.28. The van der Waals surface area contributed by atoms with Crippen molar-refractivity contribution in [3.63, 3.8) is 0 Å². The van der Waals surface area contributed by atoms with E-state index in [1.165, 1.54) is 29.0 Å². The van der Waals surface area contributed by atoms with Gasteiger partial charge in [-0.1, -0.05) is 0 Å². The van der Waals surface area contributed by atoms with Crippen LogP contribution in [0.5, 0.6) is 0 Å². The summed E-state index contributed by atoms with van der Waals surface area (Å²) in [6.45, 7) is 0. The lowest BCUT2D eigenvalue weighted by Gasteiger charge is -2.13. The summed E-state index contributed by atoms with van der Waals surface area (Å²) in [5, 5.41) is 2.12. The number of aryl methyl sites for hydroxylation is 2. The van der Waals surface area contributed by atoms with Gasteiger partial charge in [-0.25, -0.2) is 0 Å². The minimum Gasteiger partial charge on any atom is -0.271 e. The summed E-state index contributed by atoms with van der Waals surface area (Å²) >= 11 is 7.21. The molecule has 3 rings (SSSR count). The standard InChI is InChI=1S/C13H15BrN2S2/c14-9-5-10(17-7-9)6-11(16-15)13-4-8-2-1-3-12(8)18-13/h4-5,7,11,16H,1-3,6,15H2. The highest BCUT2D eigenvalue weighted by molar-refractivity contribution is 9.10. The normalized spacial score (nSPS) is 15.9. The zero-order chi connectivity index (χ0) is 12.5. The van der Waals surface area contributed by atoms with Crippen LogP contribution in [-0.2, 0) is 19.3 Å². The molecule has 2 aromatic heterocycles. The first-order valence-electron chi connectivity index (χ1n) is 6.07. The molecule has 0 aromatic carbocycles. The van der Waals surface area contributed by atoms with Crippen LogP contribution in [-0.4, -0.2) is 0 Å². The molecular formula is C13H15BrN2S2. The maximum Gasteiger partial charge on any atom is 0.0601 e. The highest BCUT2D eigenvalue weighted by atomic mass is 79.9. The van der Waals surface area contributed by atoms with Crippen molar-refractivity contribution in [3.8, 4) is 0 Å². The van der Waals surface area contributed by atoms with Gasteiger partial charge in [0.1, 0.15) is 0 Å². The monoisotopic (exact) mass is 342 g/mol. The molecule has 1 atom stereocenters. The summed E-state index contributed by atoms with van der Waals surface area (Å²) in [4.78, 5) is 4.31. The molecule has 2 nitrogen and oxygen atoms in total. The van der Waals surface area contributed by atoms with Crippen LogP contribution in [0.3, 0.4) is 0 Å². The highest BCUT2D eigenvalue weighted by Gasteiger charge is 2.20. The highest BCUT2D eigenvalue weighted by Crippen LogP contribution is 2.35. The maximum atomic E-state index is 5.73. The molecule has 2 heterocycles. The van der Waals surface area contributed by atoms with Crippen molar-refractivity contribution >= 4 is 38.6 Å². The third kappa shape index (κ3) is 2.56. The van der Waals surface area contributed by atoms with Crippen LogP contribution >= 0.6 is 38.6 Å². The topological polar surface area (TPSA) is 38.0 Å². The van der Waals surface area contributed by atoms with Crippen LogP contribution < -0.4 is 11.3 Å². The molecular weight excluding hydrogens is 328 g/mol. The summed E-state index contributed by atoms with van der Waals surface area (Å²) in [5.74, 6) is 5.73. The first-order valence-corrected chi connectivity index (χ1v) is 8.55. The van der Waals surface area contributed by atoms with Gasteiger partial charge in [-0.05, 0) is 52.9 Å². The summed E-state index contributed by atoms with van der Waals surface area (Å²) in [6, 6.07) is 4.77. The largest absolute Gasteiger partial charge is 0.271 e. The fourth-order valence-electron chi connectivity index (χ4n) is 2.43. The quantitative estimate of drug-likeness (QED) is 0.654. The zero-order valence-corrected chi connectivity index (χ0v) is 13.1. The van der Waals surface area contributed by atoms with Gasteiger partial charge in [0.05, 0.1) is 6.04 Å². The second kappa shape index (κ2) is 5.43. The van der Waals surface area contributed by atoms with Crippen LogP contribution in [0.4, 0.5) is 0 Å². The van der Waals surface area contributed by atoms with Gasteiger partial charge in [-0.15, -0.1) is 22.7 Å². The number of rotatable bonds is 4. The number of fused-ring (bicyclic) bond motifs is 1. The molecule has 0 fully saturated rings. The van der Waals surface area contributed by atoms with Crippen molar-refractivity contribution in [1.82, 2.24) is 5.43 Å². The molecule has 1 aliphatic carbocycles. The zero-order valence-electron chi connectivity index (χ0n) is 9.91. The van der Waals surface area contributed by atoms with E-state index in [1.54, 1.807) is 21.8 Å². The van der Waals surface area contributed by atoms with E-state index in [4.69, 9.17) is 5.84 Å². The average molecular weight is 343 g/mol. The summed E-state index contributed by atoms with van der Waals surface area (Å²) in [6.07, 6.45) is 4.78. The van der Waals surface area contributed by atoms with Gasteiger partial charge < -0.3 is 0 Å². The van der Waals surface area contributed by atoms with E-state index in [-0.39, 0.29) is 6.04 Å². The fourth-order valence-corrected chi connectivity index (χ4v) is 5.24. The van der Waals surface area contributed by atoms with E-state index < -0.39 is 0 Å². The molecule has 18 heavy (non-hydrogen) atoms. The lowest BCUT2D eigenvalue weighted by atomic mass is 10.1. The van der Waals surface area contributed by atoms with Gasteiger partial charge >= 0.3 is 0 Å². The predicted molar refractivity (Wildman–Crippen MR) is 82.1 cm³/mol. The summed E-state index contributed by atoms with van der Waals surface area (Å²) in [5.41, 5.74) is 4.51. The van der Waals surface area contributed by atoms with E-state index in [2.05, 4.69) is 38.9 Å². The molecule has 0 radical (unpaired) electrons. The number of hydrogen-bond donors (Lipinski definition) is 2. The van der Waals surface area contributed by atoms with Crippen LogP contribution in [0.1, 0.15) is 32.7 Å². The van der Waals surface area contributed by atoms with Gasteiger partial charge in [0.25, 0.3) is 0 Å². The Kier molecular flexibility index (Phi) is 3.86. The second-order valence-electron chi connectivity index (χ2n) is 4.61. The van der Waals surface area contributed by atoms with Crippen molar-refractivity contribution in [2.75, 3.05) is 0 Å². The molecule has 0 aliphatic heterocycles. The Labute approximate surface area is 123 Å². The van der Waals surface area contributed by atoms with Crippen LogP contribution in [0.15, 0.2) is 22.0 Å². The molecule has 5 heteroatoms. The van der Waals surface area contributed by atoms with Crippen molar-refractivity contribution in [2.24, 2.45) is 5.84 Å². The van der Waals surface area contributed by atoms with Gasteiger partial charge in [0.2, 0.25) is 0 Å². The van der Waals surface area contributed by atoms with Crippen molar-refractivity contribution in [3.05, 3.63) is 42.2 Å². The van der Waals surface area contributed by atoms with Gasteiger partial charge in [-0.3, -0.25) is 11.3 Å². The van der Waals surface area contributed by atoms with Gasteiger partial charge in [0, 0.05) is 30.9 Å². The van der Waals surface area contributed by atoms with E-state index in [9.17, 15) is 0 Å². The van der Waals surface area contributed by atoms with Gasteiger partial charge in [0.15, 0.2) is 0 Å². The number of hydrogen-bond acceptors (Lipinski definition) is 4. The summed E-state index contributed by atoms with van der Waals surface area (Å²) in [7, 11) is 0.